The van der Waals surface area contributed by atoms with Crippen molar-refractivity contribution in [1.82, 2.24) is 9.80 Å². The third kappa shape index (κ3) is 2.20. The number of carbonyl (C=O) groups is 1. The van der Waals surface area contributed by atoms with Gasteiger partial charge < -0.3 is 9.80 Å². The molecular weight excluding hydrogens is 176 g/mol. The predicted octanol–water partition coefficient (Wildman–Crippen LogP) is 2.03. The maximum Gasteiger partial charge on any atom is 0.319 e. The van der Waals surface area contributed by atoms with Crippen molar-refractivity contribution in [2.75, 3.05) is 20.6 Å². The van der Waals surface area contributed by atoms with Gasteiger partial charge in [0.05, 0.1) is 0 Å². The lowest BCUT2D eigenvalue weighted by molar-refractivity contribution is 0.0866. The highest BCUT2D eigenvalue weighted by atomic mass is 16.2. The molecule has 3 unspecified atom stereocenters. The summed E-state index contributed by atoms with van der Waals surface area (Å²) in [6.07, 6.45) is 1.23. The topological polar surface area (TPSA) is 23.6 Å². The molecule has 1 heterocycles. The maximum atomic E-state index is 11.9. The van der Waals surface area contributed by atoms with E-state index in [4.69, 9.17) is 0 Å². The number of amides is 2. The first-order chi connectivity index (χ1) is 6.43. The van der Waals surface area contributed by atoms with Crippen LogP contribution in [0.3, 0.4) is 0 Å². The fourth-order valence-corrected chi connectivity index (χ4v) is 2.22. The van der Waals surface area contributed by atoms with Crippen molar-refractivity contribution in [2.24, 2.45) is 11.8 Å². The average molecular weight is 198 g/mol. The summed E-state index contributed by atoms with van der Waals surface area (Å²) in [4.78, 5) is 15.5. The number of hydrogen-bond acceptors (Lipinski definition) is 1. The second-order valence-electron chi connectivity index (χ2n) is 4.89. The molecule has 14 heavy (non-hydrogen) atoms. The number of urea groups is 1. The SMILES string of the molecule is CC1CC(C)C(C)N(C(=O)N(C)C)C1. The van der Waals surface area contributed by atoms with E-state index < -0.39 is 0 Å². The molecule has 0 N–H and O–H groups in total. The van der Waals surface area contributed by atoms with E-state index in [9.17, 15) is 4.79 Å². The van der Waals surface area contributed by atoms with Gasteiger partial charge in [0.2, 0.25) is 0 Å². The Balaban J connectivity index is 2.71. The van der Waals surface area contributed by atoms with Gasteiger partial charge in [-0.25, -0.2) is 4.79 Å². The molecule has 1 aliphatic rings. The van der Waals surface area contributed by atoms with Gasteiger partial charge in [-0.2, -0.15) is 0 Å². The Labute approximate surface area is 87.1 Å². The molecule has 0 saturated carbocycles. The lowest BCUT2D eigenvalue weighted by Crippen LogP contribution is -2.52. The third-order valence-corrected chi connectivity index (χ3v) is 3.23. The molecule has 0 bridgehead atoms. The van der Waals surface area contributed by atoms with Crippen LogP contribution in [0.15, 0.2) is 0 Å². The highest BCUT2D eigenvalue weighted by Crippen LogP contribution is 2.27. The standard InChI is InChI=1S/C11H22N2O/c1-8-6-9(2)10(3)13(7-8)11(14)12(4)5/h8-10H,6-7H2,1-5H3. The number of nitrogens with zero attached hydrogens (tertiary/aromatic N) is 2. The number of likely N-dealkylation sites (tertiary alicyclic amines) is 1. The van der Waals surface area contributed by atoms with Crippen molar-refractivity contribution >= 4 is 6.03 Å². The second-order valence-corrected chi connectivity index (χ2v) is 4.89. The molecule has 0 aliphatic carbocycles. The Morgan fingerprint density at radius 1 is 1.29 bits per heavy atom. The van der Waals surface area contributed by atoms with Crippen LogP contribution in [0.5, 0.6) is 0 Å². The number of hydrogen-bond donors (Lipinski definition) is 0. The Bertz CT molecular complexity index is 215. The molecule has 0 radical (unpaired) electrons. The molecule has 1 saturated heterocycles. The lowest BCUT2D eigenvalue weighted by atomic mass is 9.86. The summed E-state index contributed by atoms with van der Waals surface area (Å²) in [6, 6.07) is 0.525. The van der Waals surface area contributed by atoms with Gasteiger partial charge in [0, 0.05) is 26.7 Å². The highest BCUT2D eigenvalue weighted by molar-refractivity contribution is 5.74. The molecule has 0 spiro atoms. The summed E-state index contributed by atoms with van der Waals surface area (Å²) in [5.41, 5.74) is 0. The van der Waals surface area contributed by atoms with E-state index >= 15 is 0 Å². The Hall–Kier alpha value is -0.730. The number of rotatable bonds is 0. The minimum absolute atomic E-state index is 0.149. The molecule has 0 aromatic carbocycles. The molecule has 3 heteroatoms. The van der Waals surface area contributed by atoms with Crippen LogP contribution in [-0.2, 0) is 0 Å². The third-order valence-electron chi connectivity index (χ3n) is 3.23. The summed E-state index contributed by atoms with van der Waals surface area (Å²) in [5.74, 6) is 1.24. The zero-order chi connectivity index (χ0) is 10.9. The van der Waals surface area contributed by atoms with Crippen molar-refractivity contribution in [2.45, 2.75) is 33.2 Å². The molecule has 0 aromatic rings. The molecule has 1 aliphatic heterocycles. The van der Waals surface area contributed by atoms with E-state index in [0.717, 1.165) is 6.54 Å². The second kappa shape index (κ2) is 4.20. The van der Waals surface area contributed by atoms with Gasteiger partial charge >= 0.3 is 6.03 Å². The van der Waals surface area contributed by atoms with Crippen LogP contribution in [0.4, 0.5) is 4.79 Å². The minimum Gasteiger partial charge on any atom is -0.331 e. The normalized spacial score (nSPS) is 32.9. The first kappa shape index (κ1) is 11.3. The van der Waals surface area contributed by atoms with Crippen molar-refractivity contribution < 1.29 is 4.79 Å². The van der Waals surface area contributed by atoms with Crippen molar-refractivity contribution in [1.29, 1.82) is 0 Å². The van der Waals surface area contributed by atoms with E-state index in [2.05, 4.69) is 20.8 Å². The largest absolute Gasteiger partial charge is 0.331 e. The summed E-state index contributed by atoms with van der Waals surface area (Å²) < 4.78 is 0. The van der Waals surface area contributed by atoms with Gasteiger partial charge in [-0.1, -0.05) is 13.8 Å². The zero-order valence-electron chi connectivity index (χ0n) is 9.95. The van der Waals surface area contributed by atoms with E-state index in [1.165, 1.54) is 6.42 Å². The van der Waals surface area contributed by atoms with Crippen LogP contribution >= 0.6 is 0 Å². The van der Waals surface area contributed by atoms with Gasteiger partial charge in [0.15, 0.2) is 0 Å². The number of carbonyl (C=O) groups excluding carboxylic acids is 1. The Kier molecular flexibility index (Phi) is 3.40. The summed E-state index contributed by atoms with van der Waals surface area (Å²) in [5, 5.41) is 0. The van der Waals surface area contributed by atoms with Gasteiger partial charge in [0.1, 0.15) is 0 Å². The Morgan fingerprint density at radius 2 is 1.86 bits per heavy atom. The first-order valence-corrected chi connectivity index (χ1v) is 5.41. The van der Waals surface area contributed by atoms with E-state index in [0.29, 0.717) is 17.9 Å². The van der Waals surface area contributed by atoms with E-state index in [1.807, 2.05) is 19.0 Å². The predicted molar refractivity (Wildman–Crippen MR) is 58.2 cm³/mol. The van der Waals surface area contributed by atoms with Crippen LogP contribution in [0.1, 0.15) is 27.2 Å². The molecule has 0 aromatic heterocycles. The smallest absolute Gasteiger partial charge is 0.319 e. The first-order valence-electron chi connectivity index (χ1n) is 5.41. The summed E-state index contributed by atoms with van der Waals surface area (Å²) in [7, 11) is 3.64. The van der Waals surface area contributed by atoms with Gasteiger partial charge in [-0.15, -0.1) is 0 Å². The molecular formula is C11H22N2O. The van der Waals surface area contributed by atoms with Crippen molar-refractivity contribution in [3.05, 3.63) is 0 Å². The van der Waals surface area contributed by atoms with Crippen LogP contribution in [0.25, 0.3) is 0 Å². The van der Waals surface area contributed by atoms with Gasteiger partial charge in [0.25, 0.3) is 0 Å². The van der Waals surface area contributed by atoms with Crippen LogP contribution in [0.2, 0.25) is 0 Å². The molecule has 82 valence electrons. The fourth-order valence-electron chi connectivity index (χ4n) is 2.22. The molecule has 2 amide bonds. The monoisotopic (exact) mass is 198 g/mol. The van der Waals surface area contributed by atoms with Gasteiger partial charge in [-0.05, 0) is 25.2 Å². The lowest BCUT2D eigenvalue weighted by Gasteiger charge is -2.42. The Morgan fingerprint density at radius 3 is 2.36 bits per heavy atom. The maximum absolute atomic E-state index is 11.9. The zero-order valence-corrected chi connectivity index (χ0v) is 9.95. The highest BCUT2D eigenvalue weighted by Gasteiger charge is 2.32. The molecule has 3 nitrogen and oxygen atoms in total. The van der Waals surface area contributed by atoms with Crippen LogP contribution in [0, 0.1) is 11.8 Å². The van der Waals surface area contributed by atoms with Crippen LogP contribution in [-0.4, -0.2) is 42.5 Å². The summed E-state index contributed by atoms with van der Waals surface area (Å²) in [6.45, 7) is 7.51. The average Bonchev–Trinajstić information content (AvgIpc) is 2.09. The molecule has 1 rings (SSSR count). The van der Waals surface area contributed by atoms with Crippen molar-refractivity contribution in [3.8, 4) is 0 Å². The molecule has 1 fully saturated rings. The molecule has 3 atom stereocenters. The van der Waals surface area contributed by atoms with E-state index in [1.54, 1.807) is 4.90 Å². The minimum atomic E-state index is 0.149. The van der Waals surface area contributed by atoms with Crippen molar-refractivity contribution in [3.63, 3.8) is 0 Å². The summed E-state index contributed by atoms with van der Waals surface area (Å²) >= 11 is 0. The number of piperidine rings is 1. The quantitative estimate of drug-likeness (QED) is 0.584. The fraction of sp³-hybridized carbons (Fsp3) is 0.909. The van der Waals surface area contributed by atoms with E-state index in [-0.39, 0.29) is 6.03 Å². The van der Waals surface area contributed by atoms with Crippen LogP contribution < -0.4 is 0 Å². The van der Waals surface area contributed by atoms with Gasteiger partial charge in [-0.3, -0.25) is 0 Å².